The second kappa shape index (κ2) is 5.95. The minimum Gasteiger partial charge on any atom is -0.345 e. The molecule has 0 aromatic rings. The zero-order valence-electron chi connectivity index (χ0n) is 11.4. The van der Waals surface area contributed by atoms with Crippen molar-refractivity contribution in [3.63, 3.8) is 0 Å². The number of carbonyl (C=O) groups excluding carboxylic acids is 3. The molecule has 0 aromatic carbocycles. The molecule has 2 rings (SSSR count). The van der Waals surface area contributed by atoms with Gasteiger partial charge in [0.05, 0.1) is 6.54 Å². The summed E-state index contributed by atoms with van der Waals surface area (Å²) in [5.74, 6) is 2.02. The highest BCUT2D eigenvalue weighted by Crippen LogP contribution is 2.35. The molecule has 108 valence electrons. The molecule has 1 saturated heterocycles. The average molecular weight is 277 g/mol. The molecule has 6 nitrogen and oxygen atoms in total. The van der Waals surface area contributed by atoms with E-state index in [0.29, 0.717) is 6.42 Å². The van der Waals surface area contributed by atoms with Gasteiger partial charge in [-0.3, -0.25) is 14.5 Å². The number of nitrogens with one attached hydrogen (secondary N) is 2. The van der Waals surface area contributed by atoms with Crippen LogP contribution < -0.4 is 10.6 Å². The van der Waals surface area contributed by atoms with Gasteiger partial charge >= 0.3 is 6.03 Å². The maximum absolute atomic E-state index is 12.3. The zero-order chi connectivity index (χ0) is 14.6. The normalized spacial score (nSPS) is 20.1. The number of rotatable bonds is 5. The van der Waals surface area contributed by atoms with E-state index in [4.69, 9.17) is 6.42 Å². The SMILES string of the molecule is C#CCNC(=O)CCCN1C(=O)NC2(CCCC2)C1=O. The van der Waals surface area contributed by atoms with Gasteiger partial charge in [-0.15, -0.1) is 6.42 Å². The smallest absolute Gasteiger partial charge is 0.325 e. The van der Waals surface area contributed by atoms with Crippen LogP contribution in [0.15, 0.2) is 0 Å². The summed E-state index contributed by atoms with van der Waals surface area (Å²) in [6, 6.07) is -0.332. The molecule has 1 spiro atoms. The summed E-state index contributed by atoms with van der Waals surface area (Å²) in [6.07, 6.45) is 9.11. The van der Waals surface area contributed by atoms with Crippen molar-refractivity contribution >= 4 is 17.8 Å². The summed E-state index contributed by atoms with van der Waals surface area (Å²) in [6.45, 7) is 0.473. The third-order valence-corrected chi connectivity index (χ3v) is 3.88. The van der Waals surface area contributed by atoms with Crippen LogP contribution in [0.5, 0.6) is 0 Å². The van der Waals surface area contributed by atoms with Crippen LogP contribution in [0.1, 0.15) is 38.5 Å². The van der Waals surface area contributed by atoms with E-state index < -0.39 is 5.54 Å². The van der Waals surface area contributed by atoms with Gasteiger partial charge in [-0.25, -0.2) is 4.79 Å². The largest absolute Gasteiger partial charge is 0.345 e. The average Bonchev–Trinajstić information content (AvgIpc) is 2.97. The van der Waals surface area contributed by atoms with Crippen LogP contribution in [0.3, 0.4) is 0 Å². The molecular formula is C14H19N3O3. The minimum atomic E-state index is -0.664. The lowest BCUT2D eigenvalue weighted by molar-refractivity contribution is -0.131. The van der Waals surface area contributed by atoms with Gasteiger partial charge in [-0.1, -0.05) is 18.8 Å². The molecule has 0 atom stereocenters. The standard InChI is InChI=1S/C14H19N3O3/c1-2-9-15-11(18)6-5-10-17-12(19)14(16-13(17)20)7-3-4-8-14/h1H,3-10H2,(H,15,18)(H,16,20). The van der Waals surface area contributed by atoms with E-state index in [-0.39, 0.29) is 37.4 Å². The molecule has 2 aliphatic rings. The summed E-state index contributed by atoms with van der Waals surface area (Å²) >= 11 is 0. The van der Waals surface area contributed by atoms with E-state index in [2.05, 4.69) is 16.6 Å². The first kappa shape index (κ1) is 14.4. The molecule has 0 aromatic heterocycles. The van der Waals surface area contributed by atoms with E-state index in [0.717, 1.165) is 25.7 Å². The molecule has 6 heteroatoms. The number of imide groups is 1. The van der Waals surface area contributed by atoms with Gasteiger partial charge in [-0.05, 0) is 19.3 Å². The van der Waals surface area contributed by atoms with E-state index in [1.807, 2.05) is 0 Å². The number of terminal acetylenes is 1. The first-order valence-electron chi connectivity index (χ1n) is 6.93. The van der Waals surface area contributed by atoms with Crippen LogP contribution in [0.4, 0.5) is 4.79 Å². The van der Waals surface area contributed by atoms with E-state index in [1.54, 1.807) is 0 Å². The molecule has 1 heterocycles. The summed E-state index contributed by atoms with van der Waals surface area (Å²) in [5.41, 5.74) is -0.664. The Morgan fingerprint density at radius 1 is 1.40 bits per heavy atom. The first-order valence-corrected chi connectivity index (χ1v) is 6.93. The molecule has 1 aliphatic heterocycles. The first-order chi connectivity index (χ1) is 9.59. The Kier molecular flexibility index (Phi) is 4.28. The number of hydrogen-bond acceptors (Lipinski definition) is 3. The van der Waals surface area contributed by atoms with E-state index >= 15 is 0 Å². The van der Waals surface area contributed by atoms with Gasteiger partial charge in [-0.2, -0.15) is 0 Å². The number of nitrogens with zero attached hydrogens (tertiary/aromatic N) is 1. The van der Waals surface area contributed by atoms with Crippen LogP contribution in [-0.2, 0) is 9.59 Å². The Hall–Kier alpha value is -2.03. The van der Waals surface area contributed by atoms with E-state index in [9.17, 15) is 14.4 Å². The Bertz CT molecular complexity index is 461. The van der Waals surface area contributed by atoms with Crippen molar-refractivity contribution in [2.24, 2.45) is 0 Å². The van der Waals surface area contributed by atoms with Crippen molar-refractivity contribution < 1.29 is 14.4 Å². The maximum Gasteiger partial charge on any atom is 0.325 e. The molecule has 0 unspecified atom stereocenters. The van der Waals surface area contributed by atoms with Crippen molar-refractivity contribution in [2.75, 3.05) is 13.1 Å². The van der Waals surface area contributed by atoms with Gasteiger partial charge in [0.15, 0.2) is 0 Å². The molecule has 1 saturated carbocycles. The Balaban J connectivity index is 1.82. The van der Waals surface area contributed by atoms with Crippen LogP contribution in [-0.4, -0.2) is 41.4 Å². The molecule has 20 heavy (non-hydrogen) atoms. The zero-order valence-corrected chi connectivity index (χ0v) is 11.4. The van der Waals surface area contributed by atoms with Crippen molar-refractivity contribution in [3.05, 3.63) is 0 Å². The third-order valence-electron chi connectivity index (χ3n) is 3.88. The van der Waals surface area contributed by atoms with Crippen LogP contribution in [0.25, 0.3) is 0 Å². The molecular weight excluding hydrogens is 258 g/mol. The van der Waals surface area contributed by atoms with Gasteiger partial charge in [0.25, 0.3) is 5.91 Å². The Labute approximate surface area is 118 Å². The van der Waals surface area contributed by atoms with Crippen molar-refractivity contribution in [3.8, 4) is 12.3 Å². The monoisotopic (exact) mass is 277 g/mol. The number of carbonyl (C=O) groups is 3. The van der Waals surface area contributed by atoms with Gasteiger partial charge < -0.3 is 10.6 Å². The van der Waals surface area contributed by atoms with Crippen LogP contribution in [0.2, 0.25) is 0 Å². The summed E-state index contributed by atoms with van der Waals surface area (Å²) in [4.78, 5) is 36.8. The molecule has 0 radical (unpaired) electrons. The predicted molar refractivity (Wildman–Crippen MR) is 72.5 cm³/mol. The predicted octanol–water partition coefficient (Wildman–Crippen LogP) is 0.381. The highest BCUT2D eigenvalue weighted by molar-refractivity contribution is 6.07. The number of hydrogen-bond donors (Lipinski definition) is 2. The summed E-state index contributed by atoms with van der Waals surface area (Å²) in [5, 5.41) is 5.36. The Morgan fingerprint density at radius 2 is 2.10 bits per heavy atom. The lowest BCUT2D eigenvalue weighted by atomic mass is 9.98. The third kappa shape index (κ3) is 2.77. The molecule has 1 aliphatic carbocycles. The van der Waals surface area contributed by atoms with Crippen molar-refractivity contribution in [2.45, 2.75) is 44.1 Å². The van der Waals surface area contributed by atoms with Crippen molar-refractivity contribution in [1.29, 1.82) is 0 Å². The van der Waals surface area contributed by atoms with Gasteiger partial charge in [0.2, 0.25) is 5.91 Å². The van der Waals surface area contributed by atoms with Gasteiger partial charge in [0, 0.05) is 13.0 Å². The fourth-order valence-electron chi connectivity index (χ4n) is 2.83. The fourth-order valence-corrected chi connectivity index (χ4v) is 2.83. The minimum absolute atomic E-state index is 0.135. The second-order valence-electron chi connectivity index (χ2n) is 5.26. The van der Waals surface area contributed by atoms with Crippen LogP contribution in [0, 0.1) is 12.3 Å². The topological polar surface area (TPSA) is 78.5 Å². The highest BCUT2D eigenvalue weighted by Gasteiger charge is 2.51. The molecule has 0 bridgehead atoms. The molecule has 2 fully saturated rings. The number of amides is 4. The maximum atomic E-state index is 12.3. The summed E-state index contributed by atoms with van der Waals surface area (Å²) in [7, 11) is 0. The molecule has 2 N–H and O–H groups in total. The fraction of sp³-hybridized carbons (Fsp3) is 0.643. The quantitative estimate of drug-likeness (QED) is 0.563. The van der Waals surface area contributed by atoms with Crippen LogP contribution >= 0.6 is 0 Å². The summed E-state index contributed by atoms with van der Waals surface area (Å²) < 4.78 is 0. The lowest BCUT2D eigenvalue weighted by Gasteiger charge is -2.19. The van der Waals surface area contributed by atoms with E-state index in [1.165, 1.54) is 4.90 Å². The van der Waals surface area contributed by atoms with Crippen molar-refractivity contribution in [1.82, 2.24) is 15.5 Å². The number of urea groups is 1. The Morgan fingerprint density at radius 3 is 2.75 bits per heavy atom. The van der Waals surface area contributed by atoms with Gasteiger partial charge in [0.1, 0.15) is 5.54 Å². The second-order valence-corrected chi connectivity index (χ2v) is 5.26. The molecule has 4 amide bonds. The lowest BCUT2D eigenvalue weighted by Crippen LogP contribution is -2.44. The highest BCUT2D eigenvalue weighted by atomic mass is 16.2.